The molecule has 0 amide bonds. The first-order valence-corrected chi connectivity index (χ1v) is 6.14. The van der Waals surface area contributed by atoms with Crippen molar-refractivity contribution in [3.8, 4) is 11.4 Å². The molecule has 0 saturated carbocycles. The number of hydrogen-bond donors (Lipinski definition) is 1. The van der Waals surface area contributed by atoms with Crippen LogP contribution in [0.3, 0.4) is 0 Å². The van der Waals surface area contributed by atoms with Crippen molar-refractivity contribution in [3.63, 3.8) is 0 Å². The fourth-order valence-electron chi connectivity index (χ4n) is 2.13. The summed E-state index contributed by atoms with van der Waals surface area (Å²) >= 11 is 5.92. The average Bonchev–Trinajstić information content (AvgIpc) is 3.03. The third kappa shape index (κ3) is 1.59. The summed E-state index contributed by atoms with van der Waals surface area (Å²) in [6.07, 6.45) is 1.91. The number of hydrogen-bond acceptors (Lipinski definition) is 3. The Morgan fingerprint density at radius 2 is 2.00 bits per heavy atom. The van der Waals surface area contributed by atoms with Gasteiger partial charge >= 0.3 is 0 Å². The topological polar surface area (TPSA) is 58.9 Å². The number of nitrogens with zero attached hydrogens (tertiary/aromatic N) is 4. The summed E-state index contributed by atoms with van der Waals surface area (Å²) in [4.78, 5) is 3.18. The Labute approximate surface area is 112 Å². The summed E-state index contributed by atoms with van der Waals surface area (Å²) in [6.45, 7) is 0. The fraction of sp³-hybridized carbons (Fsp3) is 0. The molecule has 0 bridgehead atoms. The molecule has 19 heavy (non-hydrogen) atoms. The van der Waals surface area contributed by atoms with E-state index in [1.54, 1.807) is 16.6 Å². The molecule has 92 valence electrons. The van der Waals surface area contributed by atoms with E-state index in [2.05, 4.69) is 20.3 Å². The van der Waals surface area contributed by atoms with Crippen LogP contribution in [-0.4, -0.2) is 24.8 Å². The van der Waals surface area contributed by atoms with E-state index in [1.165, 1.54) is 0 Å². The van der Waals surface area contributed by atoms with E-state index in [0.717, 1.165) is 16.5 Å². The van der Waals surface area contributed by atoms with Crippen LogP contribution in [0, 0.1) is 0 Å². The van der Waals surface area contributed by atoms with Crippen molar-refractivity contribution in [3.05, 3.63) is 47.7 Å². The van der Waals surface area contributed by atoms with Gasteiger partial charge in [-0.1, -0.05) is 23.7 Å². The second-order valence-electron chi connectivity index (χ2n) is 4.23. The summed E-state index contributed by atoms with van der Waals surface area (Å²) in [7, 11) is 0. The van der Waals surface area contributed by atoms with E-state index >= 15 is 0 Å². The van der Waals surface area contributed by atoms with Crippen LogP contribution in [0.4, 0.5) is 0 Å². The first-order valence-electron chi connectivity index (χ1n) is 5.77. The zero-order valence-corrected chi connectivity index (χ0v) is 10.5. The number of nitrogens with one attached hydrogen (secondary N) is 1. The number of benzene rings is 1. The summed E-state index contributed by atoms with van der Waals surface area (Å²) < 4.78 is 1.65. The second-order valence-corrected chi connectivity index (χ2v) is 4.62. The van der Waals surface area contributed by atoms with Gasteiger partial charge in [0, 0.05) is 17.3 Å². The third-order valence-corrected chi connectivity index (χ3v) is 3.25. The van der Waals surface area contributed by atoms with Gasteiger partial charge in [0.1, 0.15) is 5.15 Å². The van der Waals surface area contributed by atoms with Gasteiger partial charge in [-0.05, 0) is 29.7 Å². The standard InChI is InChI=1S/C13H8ClN5/c14-11-3-4-12-16-17-13(19(12)18-11)9-2-1-8-5-6-15-10(8)7-9/h1-7,15H. The van der Waals surface area contributed by atoms with Crippen LogP contribution in [0.5, 0.6) is 0 Å². The maximum atomic E-state index is 5.92. The molecule has 6 heteroatoms. The zero-order chi connectivity index (χ0) is 12.8. The smallest absolute Gasteiger partial charge is 0.185 e. The fourth-order valence-corrected chi connectivity index (χ4v) is 2.27. The van der Waals surface area contributed by atoms with Crippen molar-refractivity contribution in [2.45, 2.75) is 0 Å². The number of fused-ring (bicyclic) bond motifs is 2. The predicted octanol–water partition coefficient (Wildman–Crippen LogP) is 2.93. The van der Waals surface area contributed by atoms with Gasteiger partial charge in [0.15, 0.2) is 11.5 Å². The molecular formula is C13H8ClN5. The zero-order valence-electron chi connectivity index (χ0n) is 9.71. The first-order chi connectivity index (χ1) is 9.31. The number of halogens is 1. The SMILES string of the molecule is Clc1ccc2nnc(-c3ccc4cc[nH]c4c3)n2n1. The number of aromatic amines is 1. The predicted molar refractivity (Wildman–Crippen MR) is 73.1 cm³/mol. The van der Waals surface area contributed by atoms with Gasteiger partial charge in [0.05, 0.1) is 0 Å². The largest absolute Gasteiger partial charge is 0.361 e. The summed E-state index contributed by atoms with van der Waals surface area (Å²) in [5, 5.41) is 14.1. The highest BCUT2D eigenvalue weighted by atomic mass is 35.5. The maximum absolute atomic E-state index is 5.92. The Morgan fingerprint density at radius 3 is 2.95 bits per heavy atom. The molecule has 0 fully saturated rings. The molecule has 0 aliphatic heterocycles. The molecule has 5 nitrogen and oxygen atoms in total. The average molecular weight is 270 g/mol. The Hall–Kier alpha value is -2.40. The molecule has 3 aromatic heterocycles. The minimum Gasteiger partial charge on any atom is -0.361 e. The minimum atomic E-state index is 0.412. The van der Waals surface area contributed by atoms with Gasteiger partial charge in [-0.25, -0.2) is 0 Å². The summed E-state index contributed by atoms with van der Waals surface area (Å²) in [6, 6.07) is 11.6. The Bertz CT molecular complexity index is 892. The Balaban J connectivity index is 2.00. The monoisotopic (exact) mass is 269 g/mol. The van der Waals surface area contributed by atoms with Gasteiger partial charge < -0.3 is 4.98 Å². The van der Waals surface area contributed by atoms with Crippen LogP contribution in [-0.2, 0) is 0 Å². The van der Waals surface area contributed by atoms with Crippen molar-refractivity contribution in [2.24, 2.45) is 0 Å². The highest BCUT2D eigenvalue weighted by Gasteiger charge is 2.10. The second kappa shape index (κ2) is 3.80. The molecule has 0 unspecified atom stereocenters. The maximum Gasteiger partial charge on any atom is 0.185 e. The molecule has 0 aliphatic rings. The first kappa shape index (κ1) is 10.5. The Morgan fingerprint density at radius 1 is 1.05 bits per heavy atom. The van der Waals surface area contributed by atoms with Gasteiger partial charge in [-0.2, -0.15) is 9.61 Å². The summed E-state index contributed by atoms with van der Waals surface area (Å²) in [5.74, 6) is 0.675. The van der Waals surface area contributed by atoms with E-state index in [4.69, 9.17) is 11.6 Å². The van der Waals surface area contributed by atoms with Gasteiger partial charge in [-0.15, -0.1) is 10.2 Å². The van der Waals surface area contributed by atoms with E-state index in [0.29, 0.717) is 16.6 Å². The molecular weight excluding hydrogens is 262 g/mol. The van der Waals surface area contributed by atoms with Gasteiger partial charge in [0.2, 0.25) is 0 Å². The van der Waals surface area contributed by atoms with Crippen LogP contribution < -0.4 is 0 Å². The van der Waals surface area contributed by atoms with Gasteiger partial charge in [-0.3, -0.25) is 0 Å². The molecule has 4 rings (SSSR count). The van der Waals surface area contributed by atoms with E-state index in [1.807, 2.05) is 30.5 Å². The molecule has 0 saturated heterocycles. The lowest BCUT2D eigenvalue weighted by molar-refractivity contribution is 0.936. The number of aromatic nitrogens is 5. The van der Waals surface area contributed by atoms with E-state index < -0.39 is 0 Å². The lowest BCUT2D eigenvalue weighted by Crippen LogP contribution is -1.94. The lowest BCUT2D eigenvalue weighted by Gasteiger charge is -2.00. The van der Waals surface area contributed by atoms with Crippen LogP contribution in [0.15, 0.2) is 42.6 Å². The Kier molecular flexibility index (Phi) is 2.10. The summed E-state index contributed by atoms with van der Waals surface area (Å²) in [5.41, 5.74) is 2.67. The molecule has 3 heterocycles. The highest BCUT2D eigenvalue weighted by molar-refractivity contribution is 6.29. The van der Waals surface area contributed by atoms with Gasteiger partial charge in [0.25, 0.3) is 0 Å². The molecule has 1 N–H and O–H groups in total. The van der Waals surface area contributed by atoms with Crippen molar-refractivity contribution >= 4 is 28.2 Å². The van der Waals surface area contributed by atoms with E-state index in [-0.39, 0.29) is 0 Å². The van der Waals surface area contributed by atoms with Crippen LogP contribution >= 0.6 is 11.6 Å². The van der Waals surface area contributed by atoms with Crippen LogP contribution in [0.1, 0.15) is 0 Å². The van der Waals surface area contributed by atoms with Crippen molar-refractivity contribution in [2.75, 3.05) is 0 Å². The molecule has 4 aromatic rings. The molecule has 0 radical (unpaired) electrons. The molecule has 1 aromatic carbocycles. The molecule has 0 atom stereocenters. The lowest BCUT2D eigenvalue weighted by atomic mass is 10.1. The van der Waals surface area contributed by atoms with Crippen LogP contribution in [0.25, 0.3) is 27.9 Å². The third-order valence-electron chi connectivity index (χ3n) is 3.04. The minimum absolute atomic E-state index is 0.412. The van der Waals surface area contributed by atoms with Crippen LogP contribution in [0.2, 0.25) is 5.15 Å². The number of rotatable bonds is 1. The van der Waals surface area contributed by atoms with E-state index in [9.17, 15) is 0 Å². The normalized spacial score (nSPS) is 11.4. The number of H-pyrrole nitrogens is 1. The molecule has 0 aliphatic carbocycles. The van der Waals surface area contributed by atoms with Crippen molar-refractivity contribution in [1.82, 2.24) is 24.8 Å². The quantitative estimate of drug-likeness (QED) is 0.578. The van der Waals surface area contributed by atoms with Crippen molar-refractivity contribution in [1.29, 1.82) is 0 Å². The molecule has 0 spiro atoms. The van der Waals surface area contributed by atoms with Crippen molar-refractivity contribution < 1.29 is 0 Å². The highest BCUT2D eigenvalue weighted by Crippen LogP contribution is 2.22.